The van der Waals surface area contributed by atoms with Crippen molar-refractivity contribution in [1.82, 2.24) is 14.7 Å². The van der Waals surface area contributed by atoms with Gasteiger partial charge in [-0.3, -0.25) is 9.59 Å². The first-order chi connectivity index (χ1) is 12.3. The number of hydrogen-bond donors (Lipinski definition) is 1. The molecule has 3 amide bonds. The molecule has 2 aliphatic rings. The maximum Gasteiger partial charge on any atom is 0.407 e. The van der Waals surface area contributed by atoms with Crippen LogP contribution in [0, 0.1) is 0 Å². The molecule has 140 valence electrons. The first kappa shape index (κ1) is 18.0. The lowest BCUT2D eigenvalue weighted by Crippen LogP contribution is -2.57. The zero-order chi connectivity index (χ0) is 18.9. The summed E-state index contributed by atoms with van der Waals surface area (Å²) >= 11 is 0. The van der Waals surface area contributed by atoms with Crippen molar-refractivity contribution in [3.63, 3.8) is 0 Å². The zero-order valence-electron chi connectivity index (χ0n) is 15.1. The average molecular weight is 360 g/mol. The summed E-state index contributed by atoms with van der Waals surface area (Å²) in [4.78, 5) is 43.0. The third kappa shape index (κ3) is 3.07. The molecule has 8 heteroatoms. The third-order valence-electron chi connectivity index (χ3n) is 5.27. The number of rotatable bonds is 3. The lowest BCUT2D eigenvalue weighted by molar-refractivity contribution is -0.139. The van der Waals surface area contributed by atoms with Crippen LogP contribution in [0.1, 0.15) is 12.8 Å². The van der Waals surface area contributed by atoms with Crippen LogP contribution in [0.15, 0.2) is 30.3 Å². The Bertz CT molecular complexity index is 698. The van der Waals surface area contributed by atoms with Crippen molar-refractivity contribution in [3.05, 3.63) is 30.3 Å². The average Bonchev–Trinajstić information content (AvgIpc) is 2.89. The fourth-order valence-electron chi connectivity index (χ4n) is 3.69. The van der Waals surface area contributed by atoms with Crippen LogP contribution >= 0.6 is 0 Å². The van der Waals surface area contributed by atoms with Gasteiger partial charge in [0.15, 0.2) is 0 Å². The van der Waals surface area contributed by atoms with Gasteiger partial charge in [-0.1, -0.05) is 18.2 Å². The number of para-hydroxylation sites is 1. The molecular formula is C18H24N4O4. The summed E-state index contributed by atoms with van der Waals surface area (Å²) in [6.07, 6.45) is -0.129. The molecule has 1 N–H and O–H groups in total. The Labute approximate surface area is 152 Å². The molecule has 3 rings (SSSR count). The van der Waals surface area contributed by atoms with E-state index in [0.29, 0.717) is 32.6 Å². The Morgan fingerprint density at radius 1 is 1.15 bits per heavy atom. The molecule has 26 heavy (non-hydrogen) atoms. The van der Waals surface area contributed by atoms with Gasteiger partial charge in [-0.15, -0.1) is 0 Å². The zero-order valence-corrected chi connectivity index (χ0v) is 15.1. The second kappa shape index (κ2) is 6.86. The number of likely N-dealkylation sites (tertiary alicyclic amines) is 1. The molecule has 2 fully saturated rings. The lowest BCUT2D eigenvalue weighted by Gasteiger charge is -2.42. The van der Waals surface area contributed by atoms with E-state index in [-0.39, 0.29) is 18.4 Å². The predicted octanol–water partition coefficient (Wildman–Crippen LogP) is 0.893. The highest BCUT2D eigenvalue weighted by Crippen LogP contribution is 2.39. The Balaban J connectivity index is 1.89. The molecule has 0 atom stereocenters. The quantitative estimate of drug-likeness (QED) is 0.866. The topological polar surface area (TPSA) is 84.4 Å². The summed E-state index contributed by atoms with van der Waals surface area (Å²) in [6.45, 7) is 0.967. The first-order valence-corrected chi connectivity index (χ1v) is 8.65. The third-order valence-corrected chi connectivity index (χ3v) is 5.27. The van der Waals surface area contributed by atoms with Gasteiger partial charge in [0.05, 0.1) is 6.67 Å². The number of carboxylic acid groups (broad SMARTS) is 1. The summed E-state index contributed by atoms with van der Waals surface area (Å²) < 4.78 is 0. The van der Waals surface area contributed by atoms with Crippen molar-refractivity contribution in [3.8, 4) is 0 Å². The van der Waals surface area contributed by atoms with E-state index in [2.05, 4.69) is 0 Å². The second-order valence-electron chi connectivity index (χ2n) is 7.00. The molecule has 2 saturated heterocycles. The van der Waals surface area contributed by atoms with Gasteiger partial charge in [0.25, 0.3) is 5.91 Å². The highest BCUT2D eigenvalue weighted by atomic mass is 16.4. The van der Waals surface area contributed by atoms with E-state index in [0.717, 1.165) is 5.69 Å². The maximum absolute atomic E-state index is 13.2. The van der Waals surface area contributed by atoms with E-state index >= 15 is 0 Å². The van der Waals surface area contributed by atoms with Crippen LogP contribution in [0.2, 0.25) is 0 Å². The van der Waals surface area contributed by atoms with Crippen molar-refractivity contribution in [2.45, 2.75) is 18.4 Å². The monoisotopic (exact) mass is 360 g/mol. The Hall–Kier alpha value is -2.77. The van der Waals surface area contributed by atoms with Crippen LogP contribution < -0.4 is 4.90 Å². The SMILES string of the molecule is CN(C)C(=O)CN1CN(c2ccccc2)C2(CCN(C(=O)O)CC2)C1=O. The van der Waals surface area contributed by atoms with Crippen molar-refractivity contribution in [2.24, 2.45) is 0 Å². The summed E-state index contributed by atoms with van der Waals surface area (Å²) in [5.41, 5.74) is 0.115. The van der Waals surface area contributed by atoms with Gasteiger partial charge < -0.3 is 24.7 Å². The molecule has 2 heterocycles. The number of likely N-dealkylation sites (N-methyl/N-ethyl adjacent to an activating group) is 1. The maximum atomic E-state index is 13.2. The van der Waals surface area contributed by atoms with Crippen LogP contribution in [0.3, 0.4) is 0 Å². The number of carbonyl (C=O) groups excluding carboxylic acids is 2. The van der Waals surface area contributed by atoms with Gasteiger partial charge in [0, 0.05) is 32.9 Å². The highest BCUT2D eigenvalue weighted by molar-refractivity contribution is 5.96. The molecule has 1 aromatic rings. The Morgan fingerprint density at radius 2 is 1.77 bits per heavy atom. The minimum absolute atomic E-state index is 0.0273. The highest BCUT2D eigenvalue weighted by Gasteiger charge is 2.54. The normalized spacial score (nSPS) is 19.2. The van der Waals surface area contributed by atoms with E-state index in [1.807, 2.05) is 35.2 Å². The standard InChI is InChI=1S/C18H24N4O4/c1-19(2)15(23)12-21-13-22(14-6-4-3-5-7-14)18(16(21)24)8-10-20(11-9-18)17(25)26/h3-7H,8-13H2,1-2H3,(H,25,26). The van der Waals surface area contributed by atoms with Crippen molar-refractivity contribution in [2.75, 3.05) is 45.3 Å². The fraction of sp³-hybridized carbons (Fsp3) is 0.500. The minimum Gasteiger partial charge on any atom is -0.465 e. The number of hydrogen-bond acceptors (Lipinski definition) is 4. The number of anilines is 1. The van der Waals surface area contributed by atoms with E-state index in [1.165, 1.54) is 9.80 Å². The largest absolute Gasteiger partial charge is 0.465 e. The van der Waals surface area contributed by atoms with Gasteiger partial charge in [0.2, 0.25) is 5.91 Å². The smallest absolute Gasteiger partial charge is 0.407 e. The second-order valence-corrected chi connectivity index (χ2v) is 7.00. The summed E-state index contributed by atoms with van der Waals surface area (Å²) in [7, 11) is 3.33. The molecule has 0 unspecified atom stereocenters. The molecule has 1 aromatic carbocycles. The van der Waals surface area contributed by atoms with E-state index in [1.54, 1.807) is 19.0 Å². The summed E-state index contributed by atoms with van der Waals surface area (Å²) in [5, 5.41) is 9.22. The van der Waals surface area contributed by atoms with Gasteiger partial charge >= 0.3 is 6.09 Å². The van der Waals surface area contributed by atoms with Crippen molar-refractivity contribution < 1.29 is 19.5 Å². The minimum atomic E-state index is -0.962. The van der Waals surface area contributed by atoms with Crippen molar-refractivity contribution in [1.29, 1.82) is 0 Å². The Kier molecular flexibility index (Phi) is 4.76. The summed E-state index contributed by atoms with van der Waals surface area (Å²) in [6, 6.07) is 9.61. The van der Waals surface area contributed by atoms with Crippen LogP contribution in [0.4, 0.5) is 10.5 Å². The lowest BCUT2D eigenvalue weighted by atomic mass is 9.85. The van der Waals surface area contributed by atoms with Crippen LogP contribution in [-0.4, -0.2) is 83.7 Å². The first-order valence-electron chi connectivity index (χ1n) is 8.65. The summed E-state index contributed by atoms with van der Waals surface area (Å²) in [5.74, 6) is -0.229. The molecule has 0 bridgehead atoms. The number of benzene rings is 1. The van der Waals surface area contributed by atoms with Gasteiger partial charge in [-0.05, 0) is 25.0 Å². The molecule has 8 nitrogen and oxygen atoms in total. The number of piperidine rings is 1. The number of amides is 3. The van der Waals surface area contributed by atoms with Gasteiger partial charge in [-0.25, -0.2) is 4.79 Å². The molecule has 0 saturated carbocycles. The molecule has 1 spiro atoms. The van der Waals surface area contributed by atoms with Crippen LogP contribution in [-0.2, 0) is 9.59 Å². The molecule has 2 aliphatic heterocycles. The number of nitrogens with zero attached hydrogens (tertiary/aromatic N) is 4. The van der Waals surface area contributed by atoms with E-state index in [9.17, 15) is 19.5 Å². The molecule has 0 aromatic heterocycles. The molecule has 0 aliphatic carbocycles. The predicted molar refractivity (Wildman–Crippen MR) is 95.8 cm³/mol. The van der Waals surface area contributed by atoms with E-state index < -0.39 is 11.6 Å². The molecule has 0 radical (unpaired) electrons. The van der Waals surface area contributed by atoms with E-state index in [4.69, 9.17) is 0 Å². The number of carbonyl (C=O) groups is 3. The Morgan fingerprint density at radius 3 is 2.31 bits per heavy atom. The van der Waals surface area contributed by atoms with Gasteiger partial charge in [0.1, 0.15) is 12.1 Å². The molecular weight excluding hydrogens is 336 g/mol. The van der Waals surface area contributed by atoms with Crippen molar-refractivity contribution >= 4 is 23.6 Å². The van der Waals surface area contributed by atoms with Gasteiger partial charge in [-0.2, -0.15) is 0 Å². The fourth-order valence-corrected chi connectivity index (χ4v) is 3.69. The van der Waals surface area contributed by atoms with Crippen LogP contribution in [0.25, 0.3) is 0 Å². The van der Waals surface area contributed by atoms with Crippen LogP contribution in [0.5, 0.6) is 0 Å².